The van der Waals surface area contributed by atoms with Crippen LogP contribution in [0.25, 0.3) is 0 Å². The van der Waals surface area contributed by atoms with Gasteiger partial charge in [0, 0.05) is 11.6 Å². The van der Waals surface area contributed by atoms with Crippen molar-refractivity contribution < 1.29 is 37.3 Å². The van der Waals surface area contributed by atoms with Gasteiger partial charge in [0.15, 0.2) is 18.1 Å². The number of ether oxygens (including phenoxy) is 4. The Labute approximate surface area is 166 Å². The molecule has 2 aromatic carbocycles. The minimum absolute atomic E-state index is 0.0376. The van der Waals surface area contributed by atoms with Gasteiger partial charge in [-0.1, -0.05) is 6.07 Å². The molecule has 0 heterocycles. The van der Waals surface area contributed by atoms with E-state index >= 15 is 0 Å². The van der Waals surface area contributed by atoms with E-state index in [2.05, 4.69) is 5.32 Å². The van der Waals surface area contributed by atoms with E-state index in [1.807, 2.05) is 0 Å². The first kappa shape index (κ1) is 21.9. The van der Waals surface area contributed by atoms with Gasteiger partial charge in [-0.3, -0.25) is 4.79 Å². The molecule has 7 nitrogen and oxygen atoms in total. The summed E-state index contributed by atoms with van der Waals surface area (Å²) in [6.07, 6.45) is 0. The van der Waals surface area contributed by atoms with Gasteiger partial charge in [0.05, 0.1) is 27.4 Å². The highest BCUT2D eigenvalue weighted by Gasteiger charge is 2.23. The Hall–Kier alpha value is -3.36. The molecule has 0 saturated heterocycles. The largest absolute Gasteiger partial charge is 0.493 e. The van der Waals surface area contributed by atoms with Crippen molar-refractivity contribution in [2.75, 3.05) is 27.9 Å². The Kier molecular flexibility index (Phi) is 7.35. The van der Waals surface area contributed by atoms with Crippen LogP contribution in [0.2, 0.25) is 0 Å². The molecular weight excluding hydrogens is 388 g/mol. The fraction of sp³-hybridized carbons (Fsp3) is 0.300. The van der Waals surface area contributed by atoms with E-state index < -0.39 is 36.2 Å². The Morgan fingerprint density at radius 1 is 1.00 bits per heavy atom. The normalized spacial score (nSPS) is 11.4. The smallest absolute Gasteiger partial charge is 0.342 e. The molecule has 2 aromatic rings. The fourth-order valence-electron chi connectivity index (χ4n) is 2.68. The first-order valence-electron chi connectivity index (χ1n) is 8.52. The molecule has 29 heavy (non-hydrogen) atoms. The summed E-state index contributed by atoms with van der Waals surface area (Å²) in [5, 5.41) is 2.48. The van der Waals surface area contributed by atoms with E-state index in [-0.39, 0.29) is 22.6 Å². The third-order valence-corrected chi connectivity index (χ3v) is 4.06. The molecule has 1 atom stereocenters. The van der Waals surface area contributed by atoms with Gasteiger partial charge >= 0.3 is 5.97 Å². The van der Waals surface area contributed by atoms with Crippen LogP contribution in [-0.4, -0.2) is 39.8 Å². The van der Waals surface area contributed by atoms with Gasteiger partial charge in [-0.15, -0.1) is 0 Å². The van der Waals surface area contributed by atoms with Crippen LogP contribution in [0.4, 0.5) is 8.78 Å². The van der Waals surface area contributed by atoms with Crippen LogP contribution >= 0.6 is 0 Å². The zero-order chi connectivity index (χ0) is 21.6. The van der Waals surface area contributed by atoms with Crippen molar-refractivity contribution >= 4 is 11.9 Å². The van der Waals surface area contributed by atoms with Crippen LogP contribution in [0.15, 0.2) is 30.3 Å². The van der Waals surface area contributed by atoms with Gasteiger partial charge in [-0.2, -0.15) is 0 Å². The first-order valence-corrected chi connectivity index (χ1v) is 8.52. The predicted molar refractivity (Wildman–Crippen MR) is 99.3 cm³/mol. The van der Waals surface area contributed by atoms with Gasteiger partial charge in [-0.05, 0) is 25.1 Å². The summed E-state index contributed by atoms with van der Waals surface area (Å²) < 4.78 is 47.3. The Balaban J connectivity index is 2.04. The topological polar surface area (TPSA) is 83.1 Å². The lowest BCUT2D eigenvalue weighted by atomic mass is 10.1. The third kappa shape index (κ3) is 5.13. The SMILES string of the molecule is COc1ccc(C(=O)OCC(=O)N[C@@H](C)c2ccc(F)cc2F)c(OC)c1OC. The molecule has 0 unspecified atom stereocenters. The Bertz CT molecular complexity index is 903. The summed E-state index contributed by atoms with van der Waals surface area (Å²) >= 11 is 0. The van der Waals surface area contributed by atoms with Gasteiger partial charge in [0.1, 0.15) is 17.2 Å². The average Bonchev–Trinajstić information content (AvgIpc) is 2.70. The highest BCUT2D eigenvalue weighted by atomic mass is 19.1. The highest BCUT2D eigenvalue weighted by molar-refractivity contribution is 5.95. The summed E-state index contributed by atoms with van der Waals surface area (Å²) in [7, 11) is 4.17. The molecule has 156 valence electrons. The van der Waals surface area contributed by atoms with E-state index in [0.29, 0.717) is 5.75 Å². The van der Waals surface area contributed by atoms with Crippen molar-refractivity contribution in [3.8, 4) is 17.2 Å². The highest BCUT2D eigenvalue weighted by Crippen LogP contribution is 2.39. The number of amides is 1. The van der Waals surface area contributed by atoms with E-state index in [1.54, 1.807) is 0 Å². The number of nitrogens with one attached hydrogen (secondary N) is 1. The summed E-state index contributed by atoms with van der Waals surface area (Å²) in [6, 6.07) is 5.20. The van der Waals surface area contributed by atoms with Crippen LogP contribution in [-0.2, 0) is 9.53 Å². The fourth-order valence-corrected chi connectivity index (χ4v) is 2.68. The van der Waals surface area contributed by atoms with Crippen LogP contribution < -0.4 is 19.5 Å². The summed E-state index contributed by atoms with van der Waals surface area (Å²) in [5.74, 6) is -2.33. The monoisotopic (exact) mass is 409 g/mol. The molecule has 9 heteroatoms. The van der Waals surface area contributed by atoms with E-state index in [1.165, 1.54) is 46.5 Å². The van der Waals surface area contributed by atoms with Crippen molar-refractivity contribution in [2.45, 2.75) is 13.0 Å². The van der Waals surface area contributed by atoms with Crippen molar-refractivity contribution in [3.63, 3.8) is 0 Å². The maximum Gasteiger partial charge on any atom is 0.342 e. The van der Waals surface area contributed by atoms with Gasteiger partial charge in [-0.25, -0.2) is 13.6 Å². The molecule has 1 N–H and O–H groups in total. The number of carbonyl (C=O) groups excluding carboxylic acids is 2. The molecule has 0 radical (unpaired) electrons. The van der Waals surface area contributed by atoms with Crippen molar-refractivity contribution in [2.24, 2.45) is 0 Å². The maximum absolute atomic E-state index is 13.8. The third-order valence-electron chi connectivity index (χ3n) is 4.06. The molecule has 0 fully saturated rings. The molecule has 0 spiro atoms. The van der Waals surface area contributed by atoms with Crippen LogP contribution in [0.3, 0.4) is 0 Å². The minimum atomic E-state index is -0.821. The molecule has 0 aliphatic rings. The Morgan fingerprint density at radius 2 is 1.69 bits per heavy atom. The second-order valence-corrected chi connectivity index (χ2v) is 5.91. The van der Waals surface area contributed by atoms with Gasteiger partial charge < -0.3 is 24.3 Å². The number of esters is 1. The van der Waals surface area contributed by atoms with Crippen LogP contribution in [0, 0.1) is 11.6 Å². The molecular formula is C20H21F2NO6. The lowest BCUT2D eigenvalue weighted by Crippen LogP contribution is -2.31. The number of methoxy groups -OCH3 is 3. The molecule has 0 bridgehead atoms. The zero-order valence-corrected chi connectivity index (χ0v) is 16.4. The molecule has 0 aliphatic carbocycles. The van der Waals surface area contributed by atoms with E-state index in [4.69, 9.17) is 18.9 Å². The zero-order valence-electron chi connectivity index (χ0n) is 16.4. The first-order chi connectivity index (χ1) is 13.8. The number of carbonyl (C=O) groups is 2. The van der Waals surface area contributed by atoms with Crippen molar-refractivity contribution in [1.82, 2.24) is 5.32 Å². The number of halogens is 2. The number of hydrogen-bond acceptors (Lipinski definition) is 6. The Morgan fingerprint density at radius 3 is 2.28 bits per heavy atom. The second-order valence-electron chi connectivity index (χ2n) is 5.91. The lowest BCUT2D eigenvalue weighted by Gasteiger charge is -2.16. The number of benzene rings is 2. The van der Waals surface area contributed by atoms with E-state index in [0.717, 1.165) is 12.1 Å². The molecule has 0 aliphatic heterocycles. The second kappa shape index (κ2) is 9.72. The van der Waals surface area contributed by atoms with Crippen LogP contribution in [0.5, 0.6) is 17.2 Å². The minimum Gasteiger partial charge on any atom is -0.493 e. The molecule has 0 aromatic heterocycles. The summed E-state index contributed by atoms with van der Waals surface area (Å²) in [4.78, 5) is 24.4. The molecule has 1 amide bonds. The standard InChI is InChI=1S/C20H21F2NO6/c1-11(13-6-5-12(21)9-15(13)22)23-17(24)10-29-20(25)14-7-8-16(26-2)19(28-4)18(14)27-3/h5-9,11H,10H2,1-4H3,(H,23,24)/t11-/m0/s1. The summed E-state index contributed by atoms with van der Waals surface area (Å²) in [5.41, 5.74) is 0.142. The van der Waals surface area contributed by atoms with Gasteiger partial charge in [0.2, 0.25) is 5.75 Å². The summed E-state index contributed by atoms with van der Waals surface area (Å²) in [6.45, 7) is 0.914. The predicted octanol–water partition coefficient (Wildman–Crippen LogP) is 3.02. The van der Waals surface area contributed by atoms with Crippen LogP contribution in [0.1, 0.15) is 28.9 Å². The quantitative estimate of drug-likeness (QED) is 0.675. The van der Waals surface area contributed by atoms with Crippen molar-refractivity contribution in [3.05, 3.63) is 53.1 Å². The van der Waals surface area contributed by atoms with Gasteiger partial charge in [0.25, 0.3) is 5.91 Å². The molecule has 2 rings (SSSR count). The van der Waals surface area contributed by atoms with Crippen molar-refractivity contribution in [1.29, 1.82) is 0 Å². The van der Waals surface area contributed by atoms with E-state index in [9.17, 15) is 18.4 Å². The average molecular weight is 409 g/mol. The lowest BCUT2D eigenvalue weighted by molar-refractivity contribution is -0.124. The maximum atomic E-state index is 13.8. The number of rotatable bonds is 8. The number of hydrogen-bond donors (Lipinski definition) is 1. The molecule has 0 saturated carbocycles.